The molecule has 0 radical (unpaired) electrons. The quantitative estimate of drug-likeness (QED) is 0.0268. The summed E-state index contributed by atoms with van der Waals surface area (Å²) in [6.07, 6.45) is 45.0. The number of phosphoric acid groups is 1. The van der Waals surface area contributed by atoms with E-state index < -0.39 is 26.5 Å². The molecule has 0 rings (SSSR count). The van der Waals surface area contributed by atoms with Crippen LogP contribution < -0.4 is 5.32 Å². The number of esters is 2. The Hall–Kier alpha value is -1.51. The van der Waals surface area contributed by atoms with Gasteiger partial charge in [0.15, 0.2) is 6.10 Å². The molecule has 0 aliphatic heterocycles. The Morgan fingerprint density at radius 1 is 0.554 bits per heavy atom. The number of likely N-dealkylation sites (N-methyl/N-ethyl adjacent to an activating group) is 1. The van der Waals surface area contributed by atoms with E-state index in [9.17, 15) is 19.0 Å². The van der Waals surface area contributed by atoms with Crippen LogP contribution in [0.2, 0.25) is 0 Å². The van der Waals surface area contributed by atoms with E-state index >= 15 is 0 Å². The summed E-state index contributed by atoms with van der Waals surface area (Å²) in [5.74, 6) is -0.801. The fourth-order valence-corrected chi connectivity index (χ4v) is 7.28. The third-order valence-corrected chi connectivity index (χ3v) is 11.1. The topological polar surface area (TPSA) is 120 Å². The van der Waals surface area contributed by atoms with Crippen molar-refractivity contribution in [1.82, 2.24) is 5.32 Å². The van der Waals surface area contributed by atoms with Crippen LogP contribution in [0, 0.1) is 0 Å². The SMILES string of the molecule is CCCCC/C=C\C/C=C\CCCCCCCCCCCC(=O)OC(COC(=O)CCCCCCCCCCCCCCCCC)COP(=O)(O)OCCNC. The number of carbonyl (C=O) groups excluding carboxylic acids is 2. The molecule has 0 aliphatic carbocycles. The van der Waals surface area contributed by atoms with E-state index in [0.717, 1.165) is 44.9 Å². The van der Waals surface area contributed by atoms with Crippen LogP contribution in [0.3, 0.4) is 0 Å². The molecule has 2 N–H and O–H groups in total. The van der Waals surface area contributed by atoms with Crippen LogP contribution in [-0.4, -0.2) is 56.3 Å². The van der Waals surface area contributed by atoms with E-state index in [0.29, 0.717) is 19.4 Å². The zero-order valence-electron chi connectivity index (χ0n) is 36.6. The Morgan fingerprint density at radius 2 is 0.964 bits per heavy atom. The van der Waals surface area contributed by atoms with Crippen molar-refractivity contribution in [3.05, 3.63) is 24.3 Å². The Balaban J connectivity index is 4.16. The molecular formula is C46H88NO8P. The maximum Gasteiger partial charge on any atom is 0.472 e. The first kappa shape index (κ1) is 54.5. The van der Waals surface area contributed by atoms with Crippen LogP contribution >= 0.6 is 7.82 Å². The Kier molecular flexibility index (Phi) is 41.9. The summed E-state index contributed by atoms with van der Waals surface area (Å²) in [5.41, 5.74) is 0. The van der Waals surface area contributed by atoms with Crippen LogP contribution in [0.4, 0.5) is 0 Å². The van der Waals surface area contributed by atoms with Crippen molar-refractivity contribution in [2.75, 3.05) is 33.4 Å². The van der Waals surface area contributed by atoms with Gasteiger partial charge in [-0.2, -0.15) is 0 Å². The summed E-state index contributed by atoms with van der Waals surface area (Å²) in [6.45, 7) is 4.23. The maximum absolute atomic E-state index is 12.6. The molecule has 0 aromatic rings. The molecule has 0 aromatic carbocycles. The lowest BCUT2D eigenvalue weighted by Gasteiger charge is -2.20. The molecule has 2 unspecified atom stereocenters. The Bertz CT molecular complexity index is 975. The largest absolute Gasteiger partial charge is 0.472 e. The van der Waals surface area contributed by atoms with Gasteiger partial charge in [0.1, 0.15) is 6.61 Å². The van der Waals surface area contributed by atoms with Crippen LogP contribution in [0.5, 0.6) is 0 Å². The highest BCUT2D eigenvalue weighted by Gasteiger charge is 2.26. The number of phosphoric ester groups is 1. The minimum absolute atomic E-state index is 0.0157. The van der Waals surface area contributed by atoms with E-state index in [1.165, 1.54) is 141 Å². The van der Waals surface area contributed by atoms with Gasteiger partial charge in [-0.3, -0.25) is 18.6 Å². The molecule has 0 bridgehead atoms. The number of hydrogen-bond donors (Lipinski definition) is 2. The zero-order chi connectivity index (χ0) is 41.1. The molecule has 330 valence electrons. The molecular weight excluding hydrogens is 725 g/mol. The van der Waals surface area contributed by atoms with Crippen molar-refractivity contribution in [2.24, 2.45) is 0 Å². The number of unbranched alkanes of at least 4 members (excludes halogenated alkanes) is 26. The fraction of sp³-hybridized carbons (Fsp3) is 0.870. The molecule has 0 aromatic heterocycles. The lowest BCUT2D eigenvalue weighted by atomic mass is 10.0. The second-order valence-corrected chi connectivity index (χ2v) is 17.0. The van der Waals surface area contributed by atoms with Crippen molar-refractivity contribution >= 4 is 19.8 Å². The number of nitrogens with one attached hydrogen (secondary N) is 1. The van der Waals surface area contributed by atoms with E-state index in [4.69, 9.17) is 18.5 Å². The van der Waals surface area contributed by atoms with E-state index in [-0.39, 0.29) is 25.6 Å². The summed E-state index contributed by atoms with van der Waals surface area (Å²) in [5, 5.41) is 2.83. The molecule has 9 nitrogen and oxygen atoms in total. The lowest BCUT2D eigenvalue weighted by molar-refractivity contribution is -0.161. The fourth-order valence-electron chi connectivity index (χ4n) is 6.53. The second kappa shape index (κ2) is 43.1. The van der Waals surface area contributed by atoms with Crippen LogP contribution in [0.25, 0.3) is 0 Å². The van der Waals surface area contributed by atoms with Gasteiger partial charge in [-0.05, 0) is 52.0 Å². The van der Waals surface area contributed by atoms with Gasteiger partial charge in [0.2, 0.25) is 0 Å². The second-order valence-electron chi connectivity index (χ2n) is 15.6. The first-order valence-corrected chi connectivity index (χ1v) is 24.8. The first-order chi connectivity index (χ1) is 27.3. The number of ether oxygens (including phenoxy) is 2. The number of carbonyl (C=O) groups is 2. The molecule has 0 fully saturated rings. The number of hydrogen-bond acceptors (Lipinski definition) is 8. The minimum atomic E-state index is -4.35. The van der Waals surface area contributed by atoms with Gasteiger partial charge in [0.05, 0.1) is 13.2 Å². The van der Waals surface area contributed by atoms with Crippen LogP contribution in [-0.2, 0) is 32.7 Å². The highest BCUT2D eigenvalue weighted by molar-refractivity contribution is 7.47. The summed E-state index contributed by atoms with van der Waals surface area (Å²) >= 11 is 0. The summed E-state index contributed by atoms with van der Waals surface area (Å²) in [7, 11) is -2.65. The van der Waals surface area contributed by atoms with Crippen LogP contribution in [0.1, 0.15) is 219 Å². The van der Waals surface area contributed by atoms with Gasteiger partial charge in [0.25, 0.3) is 0 Å². The van der Waals surface area contributed by atoms with Crippen molar-refractivity contribution in [2.45, 2.75) is 225 Å². The van der Waals surface area contributed by atoms with E-state index in [1.807, 2.05) is 0 Å². The third kappa shape index (κ3) is 42.1. The smallest absolute Gasteiger partial charge is 0.462 e. The number of rotatable bonds is 44. The van der Waals surface area contributed by atoms with Gasteiger partial charge >= 0.3 is 19.8 Å². The molecule has 2 atom stereocenters. The monoisotopic (exact) mass is 814 g/mol. The molecule has 0 spiro atoms. The summed E-state index contributed by atoms with van der Waals surface area (Å²) < 4.78 is 33.3. The highest BCUT2D eigenvalue weighted by atomic mass is 31.2. The van der Waals surface area contributed by atoms with Gasteiger partial charge in [0, 0.05) is 19.4 Å². The van der Waals surface area contributed by atoms with Gasteiger partial charge in [-0.15, -0.1) is 0 Å². The predicted octanol–water partition coefficient (Wildman–Crippen LogP) is 13.4. The molecule has 0 aliphatic rings. The average molecular weight is 814 g/mol. The molecule has 10 heteroatoms. The maximum atomic E-state index is 12.6. The zero-order valence-corrected chi connectivity index (χ0v) is 37.5. The Morgan fingerprint density at radius 3 is 1.45 bits per heavy atom. The molecule has 56 heavy (non-hydrogen) atoms. The molecule has 0 amide bonds. The predicted molar refractivity (Wildman–Crippen MR) is 234 cm³/mol. The van der Waals surface area contributed by atoms with Gasteiger partial charge < -0.3 is 19.7 Å². The van der Waals surface area contributed by atoms with E-state index in [1.54, 1.807) is 7.05 Å². The van der Waals surface area contributed by atoms with Crippen LogP contribution in [0.15, 0.2) is 24.3 Å². The van der Waals surface area contributed by atoms with Gasteiger partial charge in [-0.25, -0.2) is 4.57 Å². The summed E-state index contributed by atoms with van der Waals surface area (Å²) in [4.78, 5) is 35.1. The first-order valence-electron chi connectivity index (χ1n) is 23.3. The van der Waals surface area contributed by atoms with Crippen molar-refractivity contribution in [3.63, 3.8) is 0 Å². The van der Waals surface area contributed by atoms with Crippen molar-refractivity contribution in [1.29, 1.82) is 0 Å². The lowest BCUT2D eigenvalue weighted by Crippen LogP contribution is -2.29. The average Bonchev–Trinajstić information content (AvgIpc) is 3.18. The van der Waals surface area contributed by atoms with E-state index in [2.05, 4.69) is 43.5 Å². The van der Waals surface area contributed by atoms with Gasteiger partial charge in [-0.1, -0.05) is 186 Å². The highest BCUT2D eigenvalue weighted by Crippen LogP contribution is 2.43. The molecule has 0 saturated carbocycles. The summed E-state index contributed by atoms with van der Waals surface area (Å²) in [6, 6.07) is 0. The minimum Gasteiger partial charge on any atom is -0.462 e. The normalized spacial score (nSPS) is 13.4. The van der Waals surface area contributed by atoms with Crippen molar-refractivity contribution in [3.8, 4) is 0 Å². The Labute approximate surface area is 344 Å². The molecule has 0 heterocycles. The number of allylic oxidation sites excluding steroid dienone is 4. The molecule has 0 saturated heterocycles. The standard InChI is InChI=1S/C46H88NO8P/c1-4-6-8-10-12-14-16-18-20-21-22-23-25-27-29-31-33-35-37-39-46(49)55-44(43-54-56(50,51)53-41-40-47-3)42-52-45(48)38-36-34-32-30-28-26-24-19-17-15-13-11-9-7-5-2/h12,14,18,20,44,47H,4-11,13,15-17,19,21-43H2,1-3H3,(H,50,51)/b14-12-,20-18-. The third-order valence-electron chi connectivity index (χ3n) is 10.1. The van der Waals surface area contributed by atoms with Crippen molar-refractivity contribution < 1.29 is 37.6 Å².